The van der Waals surface area contributed by atoms with Gasteiger partial charge in [0.1, 0.15) is 6.61 Å². The molecular weight excluding hydrogens is 350 g/mol. The summed E-state index contributed by atoms with van der Waals surface area (Å²) in [6.07, 6.45) is 1.55. The van der Waals surface area contributed by atoms with E-state index in [1.165, 1.54) is 0 Å². The number of thiazole rings is 1. The summed E-state index contributed by atoms with van der Waals surface area (Å²) >= 11 is 1.60. The van der Waals surface area contributed by atoms with E-state index in [0.717, 1.165) is 16.3 Å². The van der Waals surface area contributed by atoms with Gasteiger partial charge in [-0.15, -0.1) is 11.3 Å². The molecule has 7 heteroatoms. The van der Waals surface area contributed by atoms with Crippen LogP contribution in [0, 0.1) is 6.92 Å². The first-order valence-corrected chi connectivity index (χ1v) is 8.95. The highest BCUT2D eigenvalue weighted by Gasteiger charge is 2.10. The first kappa shape index (κ1) is 18.0. The molecule has 0 aliphatic carbocycles. The first-order valence-electron chi connectivity index (χ1n) is 8.07. The maximum Gasteiger partial charge on any atom is 0.255 e. The van der Waals surface area contributed by atoms with Crippen LogP contribution in [0.25, 0.3) is 11.3 Å². The SMILES string of the molecule is COCCOc1cc(C(=O)Nc2cccc(-c3csc(C)n3)c2)ccn1. The molecule has 134 valence electrons. The molecule has 0 aliphatic rings. The third-order valence-electron chi connectivity index (χ3n) is 3.57. The van der Waals surface area contributed by atoms with Gasteiger partial charge in [0.15, 0.2) is 0 Å². The highest BCUT2D eigenvalue weighted by molar-refractivity contribution is 7.09. The quantitative estimate of drug-likeness (QED) is 0.642. The summed E-state index contributed by atoms with van der Waals surface area (Å²) in [5.74, 6) is 0.164. The van der Waals surface area contributed by atoms with Crippen molar-refractivity contribution in [3.63, 3.8) is 0 Å². The van der Waals surface area contributed by atoms with Gasteiger partial charge in [0.25, 0.3) is 5.91 Å². The van der Waals surface area contributed by atoms with Crippen LogP contribution in [-0.2, 0) is 4.74 Å². The predicted octanol–water partition coefficient (Wildman–Crippen LogP) is 3.79. The number of carbonyl (C=O) groups excluding carboxylic acids is 1. The zero-order valence-electron chi connectivity index (χ0n) is 14.6. The number of hydrogen-bond acceptors (Lipinski definition) is 6. The highest BCUT2D eigenvalue weighted by Crippen LogP contribution is 2.24. The number of carbonyl (C=O) groups is 1. The van der Waals surface area contributed by atoms with E-state index >= 15 is 0 Å². The molecule has 3 rings (SSSR count). The molecule has 2 heterocycles. The molecule has 26 heavy (non-hydrogen) atoms. The molecule has 0 atom stereocenters. The van der Waals surface area contributed by atoms with E-state index in [-0.39, 0.29) is 5.91 Å². The van der Waals surface area contributed by atoms with Gasteiger partial charge in [-0.25, -0.2) is 9.97 Å². The minimum atomic E-state index is -0.226. The van der Waals surface area contributed by atoms with E-state index in [4.69, 9.17) is 9.47 Å². The monoisotopic (exact) mass is 369 g/mol. The summed E-state index contributed by atoms with van der Waals surface area (Å²) in [5, 5.41) is 5.91. The lowest BCUT2D eigenvalue weighted by molar-refractivity contribution is 0.102. The molecule has 3 aromatic rings. The van der Waals surface area contributed by atoms with Crippen LogP contribution in [0.1, 0.15) is 15.4 Å². The molecule has 0 saturated carbocycles. The maximum absolute atomic E-state index is 12.5. The van der Waals surface area contributed by atoms with Gasteiger partial charge < -0.3 is 14.8 Å². The number of nitrogens with one attached hydrogen (secondary N) is 1. The van der Waals surface area contributed by atoms with Crippen LogP contribution in [0.5, 0.6) is 5.88 Å². The number of rotatable bonds is 7. The first-order chi connectivity index (χ1) is 12.7. The van der Waals surface area contributed by atoms with Crippen LogP contribution in [0.4, 0.5) is 5.69 Å². The highest BCUT2D eigenvalue weighted by atomic mass is 32.1. The second kappa shape index (κ2) is 8.55. The molecule has 2 aromatic heterocycles. The van der Waals surface area contributed by atoms with Gasteiger partial charge >= 0.3 is 0 Å². The molecular formula is C19H19N3O3S. The molecule has 0 fully saturated rings. The smallest absolute Gasteiger partial charge is 0.255 e. The summed E-state index contributed by atoms with van der Waals surface area (Å²) in [5.41, 5.74) is 3.05. The van der Waals surface area contributed by atoms with Crippen LogP contribution in [0.3, 0.4) is 0 Å². The number of methoxy groups -OCH3 is 1. The zero-order valence-corrected chi connectivity index (χ0v) is 15.4. The Kier molecular flexibility index (Phi) is 5.93. The van der Waals surface area contributed by atoms with E-state index in [0.29, 0.717) is 30.3 Å². The fourth-order valence-corrected chi connectivity index (χ4v) is 2.94. The Morgan fingerprint density at radius 1 is 1.23 bits per heavy atom. The van der Waals surface area contributed by atoms with Crippen LogP contribution >= 0.6 is 11.3 Å². The third-order valence-corrected chi connectivity index (χ3v) is 4.34. The summed E-state index contributed by atoms with van der Waals surface area (Å²) in [4.78, 5) is 21.1. The van der Waals surface area contributed by atoms with E-state index in [9.17, 15) is 4.79 Å². The van der Waals surface area contributed by atoms with Crippen molar-refractivity contribution in [1.29, 1.82) is 0 Å². The Labute approximate surface area is 155 Å². The molecule has 6 nitrogen and oxygen atoms in total. The minimum Gasteiger partial charge on any atom is -0.475 e. The maximum atomic E-state index is 12.5. The Morgan fingerprint density at radius 2 is 2.12 bits per heavy atom. The van der Waals surface area contributed by atoms with Crippen molar-refractivity contribution in [1.82, 2.24) is 9.97 Å². The van der Waals surface area contributed by atoms with E-state index in [1.54, 1.807) is 36.8 Å². The lowest BCUT2D eigenvalue weighted by Crippen LogP contribution is -2.13. The number of pyridine rings is 1. The van der Waals surface area contributed by atoms with Crippen LogP contribution in [0.2, 0.25) is 0 Å². The molecule has 0 bridgehead atoms. The Balaban J connectivity index is 1.71. The number of hydrogen-bond donors (Lipinski definition) is 1. The van der Waals surface area contributed by atoms with Gasteiger partial charge in [0.05, 0.1) is 17.3 Å². The van der Waals surface area contributed by atoms with E-state index in [1.807, 2.05) is 36.6 Å². The van der Waals surface area contributed by atoms with E-state index < -0.39 is 0 Å². The zero-order chi connectivity index (χ0) is 18.4. The average molecular weight is 369 g/mol. The lowest BCUT2D eigenvalue weighted by Gasteiger charge is -2.08. The second-order valence-electron chi connectivity index (χ2n) is 5.51. The van der Waals surface area contributed by atoms with Gasteiger partial charge in [0, 0.05) is 41.6 Å². The van der Waals surface area contributed by atoms with Gasteiger partial charge in [-0.05, 0) is 25.1 Å². The van der Waals surface area contributed by atoms with Gasteiger partial charge in [-0.1, -0.05) is 12.1 Å². The number of aromatic nitrogens is 2. The lowest BCUT2D eigenvalue weighted by atomic mass is 10.1. The molecule has 1 N–H and O–H groups in total. The number of anilines is 1. The number of amides is 1. The number of ether oxygens (including phenoxy) is 2. The summed E-state index contributed by atoms with van der Waals surface area (Å²) in [6.45, 7) is 2.81. The largest absolute Gasteiger partial charge is 0.475 e. The average Bonchev–Trinajstić information content (AvgIpc) is 3.09. The molecule has 1 aromatic carbocycles. The minimum absolute atomic E-state index is 0.226. The molecule has 0 unspecified atom stereocenters. The predicted molar refractivity (Wildman–Crippen MR) is 102 cm³/mol. The Hall–Kier alpha value is -2.77. The third kappa shape index (κ3) is 4.65. The summed E-state index contributed by atoms with van der Waals surface area (Å²) in [6, 6.07) is 10.9. The van der Waals surface area contributed by atoms with E-state index in [2.05, 4.69) is 15.3 Å². The van der Waals surface area contributed by atoms with Gasteiger partial charge in [0.2, 0.25) is 5.88 Å². The normalized spacial score (nSPS) is 10.5. The van der Waals surface area contributed by atoms with Crippen molar-refractivity contribution in [3.8, 4) is 17.1 Å². The summed E-state index contributed by atoms with van der Waals surface area (Å²) in [7, 11) is 1.60. The van der Waals surface area contributed by atoms with Crippen molar-refractivity contribution in [2.45, 2.75) is 6.92 Å². The molecule has 0 radical (unpaired) electrons. The van der Waals surface area contributed by atoms with Crippen molar-refractivity contribution < 1.29 is 14.3 Å². The van der Waals surface area contributed by atoms with Crippen molar-refractivity contribution in [2.75, 3.05) is 25.6 Å². The number of benzene rings is 1. The molecule has 0 aliphatic heterocycles. The van der Waals surface area contributed by atoms with Gasteiger partial charge in [-0.3, -0.25) is 4.79 Å². The van der Waals surface area contributed by atoms with Crippen LogP contribution < -0.4 is 10.1 Å². The number of aryl methyl sites for hydroxylation is 1. The fourth-order valence-electron chi connectivity index (χ4n) is 2.31. The second-order valence-corrected chi connectivity index (χ2v) is 6.57. The van der Waals surface area contributed by atoms with Crippen LogP contribution in [-0.4, -0.2) is 36.2 Å². The van der Waals surface area contributed by atoms with Crippen LogP contribution in [0.15, 0.2) is 48.0 Å². The number of nitrogens with zero attached hydrogens (tertiary/aromatic N) is 2. The summed E-state index contributed by atoms with van der Waals surface area (Å²) < 4.78 is 10.4. The molecule has 1 amide bonds. The topological polar surface area (TPSA) is 73.3 Å². The molecule has 0 spiro atoms. The standard InChI is InChI=1S/C19H19N3O3S/c1-13-21-17(12-26-13)14-4-3-5-16(10-14)22-19(23)15-6-7-20-18(11-15)25-9-8-24-2/h3-7,10-12H,8-9H2,1-2H3,(H,22,23). The van der Waals surface area contributed by atoms with Crippen molar-refractivity contribution >= 4 is 22.9 Å². The Morgan fingerprint density at radius 3 is 2.88 bits per heavy atom. The van der Waals surface area contributed by atoms with Gasteiger partial charge in [-0.2, -0.15) is 0 Å². The Bertz CT molecular complexity index is 895. The van der Waals surface area contributed by atoms with Crippen molar-refractivity contribution in [3.05, 3.63) is 58.5 Å². The fraction of sp³-hybridized carbons (Fsp3) is 0.211. The van der Waals surface area contributed by atoms with Crippen molar-refractivity contribution in [2.24, 2.45) is 0 Å². The molecule has 0 saturated heterocycles.